The number of benzene rings is 2. The van der Waals surface area contributed by atoms with Crippen molar-refractivity contribution in [2.24, 2.45) is 12.5 Å². The monoisotopic (exact) mass is 602 g/mol. The molecular formula is C28H31IN2O5. The van der Waals surface area contributed by atoms with Crippen molar-refractivity contribution in [3.63, 3.8) is 0 Å². The lowest BCUT2D eigenvalue weighted by Gasteiger charge is -2.30. The molecule has 0 N–H and O–H groups in total. The summed E-state index contributed by atoms with van der Waals surface area (Å²) in [6, 6.07) is 16.8. The average molecular weight is 602 g/mol. The maximum atomic E-state index is 9.48. The zero-order valence-corrected chi connectivity index (χ0v) is 23.3. The van der Waals surface area contributed by atoms with Gasteiger partial charge in [0.15, 0.2) is 0 Å². The van der Waals surface area contributed by atoms with E-state index in [1.165, 1.54) is 45.0 Å². The summed E-state index contributed by atoms with van der Waals surface area (Å²) < 4.78 is 7.45. The molecule has 0 fully saturated rings. The van der Waals surface area contributed by atoms with E-state index in [4.69, 9.17) is 9.67 Å². The molecule has 1 aromatic heterocycles. The standard InChI is InChI=1S/C27H31N2O.CHIO4/c1-27(2)18-21(11-10-20-12-14-23(15-13-20)28(3)4)16-22(19-27)17-26-29(5)24-8-6-7-9-25(24)30-26;2-1(3)5-6-4/h6-17H,18-19H2,1-5H3;4H/q+1;/p-1. The van der Waals surface area contributed by atoms with Crippen LogP contribution < -0.4 is 14.7 Å². The molecule has 4 rings (SSSR count). The molecule has 36 heavy (non-hydrogen) atoms. The molecule has 1 aliphatic carbocycles. The number of aryl methyl sites for hydroxylation is 1. The number of fused-ring (bicyclic) bond motifs is 1. The summed E-state index contributed by atoms with van der Waals surface area (Å²) in [5.74, 6) is 0.891. The molecule has 1 aliphatic rings. The first-order valence-electron chi connectivity index (χ1n) is 11.5. The van der Waals surface area contributed by atoms with Crippen molar-refractivity contribution in [3.8, 4) is 0 Å². The minimum Gasteiger partial charge on any atom is -0.681 e. The Morgan fingerprint density at radius 2 is 1.81 bits per heavy atom. The molecule has 0 unspecified atom stereocenters. The van der Waals surface area contributed by atoms with Crippen molar-refractivity contribution >= 4 is 55.5 Å². The van der Waals surface area contributed by atoms with Crippen LogP contribution in [0, 0.1) is 5.41 Å². The molecule has 0 saturated heterocycles. The molecular weight excluding hydrogens is 571 g/mol. The number of halogens is 1. The highest BCUT2D eigenvalue weighted by molar-refractivity contribution is 14.1. The molecule has 0 atom stereocenters. The Morgan fingerprint density at radius 3 is 2.39 bits per heavy atom. The predicted octanol–water partition coefficient (Wildman–Crippen LogP) is 5.93. The molecule has 1 heterocycles. The number of para-hydroxylation sites is 2. The van der Waals surface area contributed by atoms with E-state index in [0.29, 0.717) is 0 Å². The van der Waals surface area contributed by atoms with Crippen molar-refractivity contribution in [2.45, 2.75) is 26.7 Å². The number of rotatable bonds is 5. The van der Waals surface area contributed by atoms with E-state index >= 15 is 0 Å². The molecule has 2 aromatic carbocycles. The van der Waals surface area contributed by atoms with E-state index in [9.17, 15) is 4.79 Å². The van der Waals surface area contributed by atoms with E-state index in [1.807, 2.05) is 18.2 Å². The SMILES string of the molecule is CN(C)c1ccc(/C=C/C2=CC(=C/c3oc4ccccc4[n+]3C)/CC(C)(C)C2)cc1.O=C(I)OO[O-]. The number of allylic oxidation sites excluding steroid dienone is 4. The third kappa shape index (κ3) is 7.78. The van der Waals surface area contributed by atoms with Gasteiger partial charge in [-0.2, -0.15) is 4.57 Å². The Balaban J connectivity index is 0.000000538. The van der Waals surface area contributed by atoms with Crippen LogP contribution in [-0.2, 0) is 17.0 Å². The van der Waals surface area contributed by atoms with Crippen LogP contribution in [0.2, 0.25) is 0 Å². The molecule has 0 amide bonds. The first kappa shape index (κ1) is 27.6. The third-order valence-corrected chi connectivity index (χ3v) is 6.00. The summed E-state index contributed by atoms with van der Waals surface area (Å²) in [5.41, 5.74) is 7.36. The molecule has 190 valence electrons. The molecule has 7 nitrogen and oxygen atoms in total. The van der Waals surface area contributed by atoms with Gasteiger partial charge in [0, 0.05) is 25.8 Å². The van der Waals surface area contributed by atoms with Crippen molar-refractivity contribution in [1.82, 2.24) is 0 Å². The summed E-state index contributed by atoms with van der Waals surface area (Å²) in [4.78, 5) is 14.9. The van der Waals surface area contributed by atoms with Crippen LogP contribution in [-0.4, -0.2) is 18.1 Å². The Kier molecular flexibility index (Phi) is 9.47. The maximum Gasteiger partial charge on any atom is 0.399 e. The van der Waals surface area contributed by atoms with Gasteiger partial charge in [-0.1, -0.05) is 56.3 Å². The molecule has 0 saturated carbocycles. The summed E-state index contributed by atoms with van der Waals surface area (Å²) in [7, 11) is 6.19. The highest BCUT2D eigenvalue weighted by Gasteiger charge is 2.26. The fourth-order valence-electron chi connectivity index (χ4n) is 4.23. The van der Waals surface area contributed by atoms with Gasteiger partial charge in [-0.05, 0) is 53.2 Å². The summed E-state index contributed by atoms with van der Waals surface area (Å²) in [5, 5.41) is 11.5. The number of aromatic nitrogens is 1. The second kappa shape index (κ2) is 12.3. The smallest absolute Gasteiger partial charge is 0.399 e. The second-order valence-corrected chi connectivity index (χ2v) is 10.5. The molecule has 0 aliphatic heterocycles. The van der Waals surface area contributed by atoms with Crippen LogP contribution in [0.1, 0.15) is 38.1 Å². The van der Waals surface area contributed by atoms with Gasteiger partial charge in [-0.25, -0.2) is 9.83 Å². The van der Waals surface area contributed by atoms with E-state index in [-0.39, 0.29) is 5.41 Å². The Labute approximate surface area is 225 Å². The molecule has 0 bridgehead atoms. The van der Waals surface area contributed by atoms with E-state index in [1.54, 1.807) is 0 Å². The van der Waals surface area contributed by atoms with Crippen molar-refractivity contribution in [1.29, 1.82) is 0 Å². The van der Waals surface area contributed by atoms with Gasteiger partial charge in [0.05, 0.1) is 28.7 Å². The van der Waals surface area contributed by atoms with Crippen molar-refractivity contribution in [2.75, 3.05) is 19.0 Å². The summed E-state index contributed by atoms with van der Waals surface area (Å²) >= 11 is 1.26. The first-order valence-corrected chi connectivity index (χ1v) is 12.6. The van der Waals surface area contributed by atoms with Gasteiger partial charge >= 0.3 is 9.87 Å². The third-order valence-electron chi connectivity index (χ3n) is 5.82. The Bertz CT molecular complexity index is 1290. The lowest BCUT2D eigenvalue weighted by atomic mass is 9.75. The minimum absolute atomic E-state index is 0.222. The number of anilines is 1. The lowest BCUT2D eigenvalue weighted by Crippen LogP contribution is -2.29. The summed E-state index contributed by atoms with van der Waals surface area (Å²) in [6.07, 6.45) is 11.1. The summed E-state index contributed by atoms with van der Waals surface area (Å²) in [6.45, 7) is 4.68. The van der Waals surface area contributed by atoms with Gasteiger partial charge in [0.1, 0.15) is 7.05 Å². The van der Waals surface area contributed by atoms with Crippen LogP contribution in [0.25, 0.3) is 23.3 Å². The van der Waals surface area contributed by atoms with Gasteiger partial charge in [0.25, 0.3) is 5.52 Å². The van der Waals surface area contributed by atoms with Gasteiger partial charge in [0.2, 0.25) is 5.58 Å². The number of hydrogen-bond donors (Lipinski definition) is 0. The highest BCUT2D eigenvalue weighted by Crippen LogP contribution is 2.39. The maximum absolute atomic E-state index is 9.48. The molecule has 0 spiro atoms. The van der Waals surface area contributed by atoms with Crippen LogP contribution in [0.5, 0.6) is 0 Å². The lowest BCUT2D eigenvalue weighted by molar-refractivity contribution is -0.784. The molecule has 3 aromatic rings. The molecule has 0 radical (unpaired) electrons. The highest BCUT2D eigenvalue weighted by atomic mass is 127. The predicted molar refractivity (Wildman–Crippen MR) is 148 cm³/mol. The van der Waals surface area contributed by atoms with E-state index in [2.05, 4.69) is 109 Å². The van der Waals surface area contributed by atoms with E-state index in [0.717, 1.165) is 29.8 Å². The number of oxazole rings is 1. The Hall–Kier alpha value is -2.95. The topological polar surface area (TPSA) is 78.9 Å². The average Bonchev–Trinajstić information content (AvgIpc) is 3.12. The first-order chi connectivity index (χ1) is 17.1. The Morgan fingerprint density at radius 1 is 1.11 bits per heavy atom. The van der Waals surface area contributed by atoms with Crippen LogP contribution in [0.4, 0.5) is 10.5 Å². The normalized spacial score (nSPS) is 16.0. The van der Waals surface area contributed by atoms with Crippen molar-refractivity contribution < 1.29 is 29.0 Å². The van der Waals surface area contributed by atoms with Gasteiger partial charge in [-0.15, -0.1) is 0 Å². The van der Waals surface area contributed by atoms with Crippen LogP contribution >= 0.6 is 22.6 Å². The largest absolute Gasteiger partial charge is 0.681 e. The number of carbonyl (C=O) groups excluding carboxylic acids is 1. The second-order valence-electron chi connectivity index (χ2n) is 9.63. The minimum atomic E-state index is -0.775. The number of carbonyl (C=O) groups is 1. The van der Waals surface area contributed by atoms with Crippen LogP contribution in [0.3, 0.4) is 0 Å². The molecule has 8 heteroatoms. The number of hydrogen-bond acceptors (Lipinski definition) is 6. The number of nitrogens with zero attached hydrogens (tertiary/aromatic N) is 2. The van der Waals surface area contributed by atoms with Crippen molar-refractivity contribution in [3.05, 3.63) is 83.3 Å². The fourth-order valence-corrected chi connectivity index (χ4v) is 4.30. The zero-order valence-electron chi connectivity index (χ0n) is 21.2. The fraction of sp³-hybridized carbons (Fsp3) is 0.286. The van der Waals surface area contributed by atoms with E-state index < -0.39 is 3.98 Å². The quantitative estimate of drug-likeness (QED) is 0.119. The van der Waals surface area contributed by atoms with Gasteiger partial charge in [-0.3, -0.25) is 4.89 Å². The zero-order chi connectivity index (χ0) is 26.3. The van der Waals surface area contributed by atoms with Crippen LogP contribution in [0.15, 0.2) is 76.2 Å². The van der Waals surface area contributed by atoms with Gasteiger partial charge < -0.3 is 14.6 Å².